The van der Waals surface area contributed by atoms with Gasteiger partial charge in [0, 0.05) is 39.0 Å². The number of aryl methyl sites for hydroxylation is 1. The van der Waals surface area contributed by atoms with E-state index in [1.807, 2.05) is 17.8 Å². The summed E-state index contributed by atoms with van der Waals surface area (Å²) in [5, 5.41) is 12.1. The monoisotopic (exact) mass is 183 g/mol. The molecule has 4 heteroatoms. The first-order chi connectivity index (χ1) is 6.20. The number of aliphatic hydroxyl groups is 1. The molecule has 0 saturated heterocycles. The molecule has 0 bridgehead atoms. The fourth-order valence-electron chi connectivity index (χ4n) is 1.15. The highest BCUT2D eigenvalue weighted by Gasteiger charge is 1.98. The third kappa shape index (κ3) is 3.57. The van der Waals surface area contributed by atoms with E-state index in [9.17, 15) is 0 Å². The average Bonchev–Trinajstić information content (AvgIpc) is 2.45. The third-order valence-corrected chi connectivity index (χ3v) is 1.89. The zero-order chi connectivity index (χ0) is 9.68. The van der Waals surface area contributed by atoms with Crippen LogP contribution < -0.4 is 5.32 Å². The van der Waals surface area contributed by atoms with Crippen molar-refractivity contribution in [3.05, 3.63) is 18.2 Å². The topological polar surface area (TPSA) is 50.1 Å². The van der Waals surface area contributed by atoms with E-state index in [-0.39, 0.29) is 6.10 Å². The molecule has 2 N–H and O–H groups in total. The van der Waals surface area contributed by atoms with E-state index in [2.05, 4.69) is 10.3 Å². The van der Waals surface area contributed by atoms with Crippen LogP contribution in [0.4, 0.5) is 0 Å². The Morgan fingerprint density at radius 3 is 3.00 bits per heavy atom. The van der Waals surface area contributed by atoms with Crippen molar-refractivity contribution >= 4 is 0 Å². The lowest BCUT2D eigenvalue weighted by Crippen LogP contribution is -2.26. The maximum absolute atomic E-state index is 8.98. The quantitative estimate of drug-likeness (QED) is 0.628. The van der Waals surface area contributed by atoms with Crippen molar-refractivity contribution in [2.75, 3.05) is 13.1 Å². The molecule has 0 aliphatic rings. The normalized spacial score (nSPS) is 13.2. The Bertz CT molecular complexity index is 245. The summed E-state index contributed by atoms with van der Waals surface area (Å²) < 4.78 is 2.00. The first kappa shape index (κ1) is 10.2. The van der Waals surface area contributed by atoms with Crippen LogP contribution in [-0.4, -0.2) is 33.9 Å². The number of rotatable bonds is 5. The molecule has 0 unspecified atom stereocenters. The predicted octanol–water partition coefficient (Wildman–Crippen LogP) is -0.0670. The summed E-state index contributed by atoms with van der Waals surface area (Å²) in [6.07, 6.45) is 4.35. The number of nitrogens with zero attached hydrogens (tertiary/aromatic N) is 2. The minimum absolute atomic E-state index is 0.277. The number of hydrogen-bond acceptors (Lipinski definition) is 3. The van der Waals surface area contributed by atoms with Crippen LogP contribution in [0.15, 0.2) is 12.4 Å². The van der Waals surface area contributed by atoms with E-state index in [1.54, 1.807) is 13.1 Å². The van der Waals surface area contributed by atoms with Crippen molar-refractivity contribution in [2.45, 2.75) is 19.4 Å². The molecule has 0 amide bonds. The molecular formula is C9H17N3O. The number of hydrogen-bond donors (Lipinski definition) is 2. The van der Waals surface area contributed by atoms with Gasteiger partial charge in [0.15, 0.2) is 0 Å². The van der Waals surface area contributed by atoms with Crippen molar-refractivity contribution < 1.29 is 5.11 Å². The zero-order valence-corrected chi connectivity index (χ0v) is 8.20. The van der Waals surface area contributed by atoms with Crippen LogP contribution in [0.5, 0.6) is 0 Å². The number of imidazole rings is 1. The Labute approximate surface area is 78.6 Å². The van der Waals surface area contributed by atoms with Gasteiger partial charge in [0.1, 0.15) is 5.82 Å². The van der Waals surface area contributed by atoms with E-state index >= 15 is 0 Å². The molecule has 0 spiro atoms. The van der Waals surface area contributed by atoms with Crippen molar-refractivity contribution in [3.63, 3.8) is 0 Å². The van der Waals surface area contributed by atoms with Crippen LogP contribution in [-0.2, 0) is 13.5 Å². The van der Waals surface area contributed by atoms with Crippen LogP contribution in [0.2, 0.25) is 0 Å². The van der Waals surface area contributed by atoms with E-state index < -0.39 is 0 Å². The second-order valence-electron chi connectivity index (χ2n) is 3.26. The summed E-state index contributed by atoms with van der Waals surface area (Å²) in [7, 11) is 1.98. The standard InChI is InChI=1S/C9H17N3O/c1-8(13)7-10-4-3-9-11-5-6-12(9)2/h5-6,8,10,13H,3-4,7H2,1-2H3/t8-/m1/s1. The Morgan fingerprint density at radius 2 is 2.46 bits per heavy atom. The summed E-state index contributed by atoms with van der Waals surface area (Å²) in [5.41, 5.74) is 0. The van der Waals surface area contributed by atoms with Crippen molar-refractivity contribution in [1.82, 2.24) is 14.9 Å². The lowest BCUT2D eigenvalue weighted by Gasteiger charge is -2.06. The van der Waals surface area contributed by atoms with Crippen LogP contribution in [0.25, 0.3) is 0 Å². The molecule has 0 aliphatic heterocycles. The van der Waals surface area contributed by atoms with Gasteiger partial charge in [-0.15, -0.1) is 0 Å². The smallest absolute Gasteiger partial charge is 0.109 e. The van der Waals surface area contributed by atoms with Gasteiger partial charge in [-0.1, -0.05) is 0 Å². The molecule has 74 valence electrons. The van der Waals surface area contributed by atoms with E-state index in [4.69, 9.17) is 5.11 Å². The average molecular weight is 183 g/mol. The van der Waals surface area contributed by atoms with Gasteiger partial charge in [-0.05, 0) is 6.92 Å². The molecular weight excluding hydrogens is 166 g/mol. The van der Waals surface area contributed by atoms with Gasteiger partial charge in [-0.3, -0.25) is 0 Å². The third-order valence-electron chi connectivity index (χ3n) is 1.89. The van der Waals surface area contributed by atoms with Gasteiger partial charge in [-0.25, -0.2) is 4.98 Å². The van der Waals surface area contributed by atoms with Crippen LogP contribution in [0, 0.1) is 0 Å². The molecule has 0 aliphatic carbocycles. The Balaban J connectivity index is 2.17. The minimum atomic E-state index is -0.277. The van der Waals surface area contributed by atoms with Gasteiger partial charge in [0.25, 0.3) is 0 Å². The molecule has 4 nitrogen and oxygen atoms in total. The molecule has 0 aromatic carbocycles. The second-order valence-corrected chi connectivity index (χ2v) is 3.26. The van der Waals surface area contributed by atoms with Crippen molar-refractivity contribution in [3.8, 4) is 0 Å². The van der Waals surface area contributed by atoms with Crippen molar-refractivity contribution in [2.24, 2.45) is 7.05 Å². The van der Waals surface area contributed by atoms with Gasteiger partial charge >= 0.3 is 0 Å². The molecule has 1 rings (SSSR count). The predicted molar refractivity (Wildman–Crippen MR) is 51.5 cm³/mol. The first-order valence-corrected chi connectivity index (χ1v) is 4.55. The maximum Gasteiger partial charge on any atom is 0.109 e. The highest BCUT2D eigenvalue weighted by Crippen LogP contribution is 1.93. The second kappa shape index (κ2) is 4.99. The molecule has 1 aromatic heterocycles. The van der Waals surface area contributed by atoms with Crippen LogP contribution in [0.3, 0.4) is 0 Å². The molecule has 1 atom stereocenters. The highest BCUT2D eigenvalue weighted by atomic mass is 16.3. The molecule has 1 heterocycles. The van der Waals surface area contributed by atoms with Crippen molar-refractivity contribution in [1.29, 1.82) is 0 Å². The molecule has 13 heavy (non-hydrogen) atoms. The lowest BCUT2D eigenvalue weighted by molar-refractivity contribution is 0.191. The van der Waals surface area contributed by atoms with Gasteiger partial charge in [0.05, 0.1) is 6.10 Å². The molecule has 0 fully saturated rings. The summed E-state index contributed by atoms with van der Waals surface area (Å²) in [5.74, 6) is 1.07. The minimum Gasteiger partial charge on any atom is -0.392 e. The van der Waals surface area contributed by atoms with Crippen LogP contribution >= 0.6 is 0 Å². The zero-order valence-electron chi connectivity index (χ0n) is 8.20. The molecule has 0 saturated carbocycles. The summed E-state index contributed by atoms with van der Waals surface area (Å²) in [6, 6.07) is 0. The maximum atomic E-state index is 8.98. The Hall–Kier alpha value is -0.870. The van der Waals surface area contributed by atoms with Crippen LogP contribution in [0.1, 0.15) is 12.7 Å². The Morgan fingerprint density at radius 1 is 1.69 bits per heavy atom. The largest absolute Gasteiger partial charge is 0.392 e. The summed E-state index contributed by atoms with van der Waals surface area (Å²) >= 11 is 0. The number of aromatic nitrogens is 2. The fraction of sp³-hybridized carbons (Fsp3) is 0.667. The summed E-state index contributed by atoms with van der Waals surface area (Å²) in [6.45, 7) is 3.27. The molecule has 1 aromatic rings. The first-order valence-electron chi connectivity index (χ1n) is 4.55. The van der Waals surface area contributed by atoms with Gasteiger partial charge in [0.2, 0.25) is 0 Å². The molecule has 0 radical (unpaired) electrons. The number of aliphatic hydroxyl groups excluding tert-OH is 1. The van der Waals surface area contributed by atoms with E-state index in [0.717, 1.165) is 18.8 Å². The summed E-state index contributed by atoms with van der Waals surface area (Å²) in [4.78, 5) is 4.19. The highest BCUT2D eigenvalue weighted by molar-refractivity contribution is 4.91. The van der Waals surface area contributed by atoms with E-state index in [0.29, 0.717) is 6.54 Å². The SMILES string of the molecule is C[C@@H](O)CNCCc1nccn1C. The fourth-order valence-corrected chi connectivity index (χ4v) is 1.15. The van der Waals surface area contributed by atoms with E-state index in [1.165, 1.54) is 0 Å². The van der Waals surface area contributed by atoms with Gasteiger partial charge < -0.3 is 15.0 Å². The van der Waals surface area contributed by atoms with Gasteiger partial charge in [-0.2, -0.15) is 0 Å². The Kier molecular flexibility index (Phi) is 3.92. The number of nitrogens with one attached hydrogen (secondary N) is 1. The lowest BCUT2D eigenvalue weighted by atomic mass is 10.3.